The highest BCUT2D eigenvalue weighted by Crippen LogP contribution is 2.35. The molecule has 0 heterocycles. The molecule has 0 saturated carbocycles. The molecule has 0 radical (unpaired) electrons. The Labute approximate surface area is 125 Å². The van der Waals surface area contributed by atoms with Gasteiger partial charge in [-0.05, 0) is 60.8 Å². The van der Waals surface area contributed by atoms with Crippen LogP contribution in [0.4, 0.5) is 13.2 Å². The van der Waals surface area contributed by atoms with E-state index in [0.29, 0.717) is 0 Å². The summed E-state index contributed by atoms with van der Waals surface area (Å²) in [5, 5.41) is 0. The molecule has 0 aliphatic heterocycles. The van der Waals surface area contributed by atoms with Crippen molar-refractivity contribution < 1.29 is 13.2 Å². The first-order valence-electron chi connectivity index (χ1n) is 7.76. The molecule has 21 heavy (non-hydrogen) atoms. The Kier molecular flexibility index (Phi) is 5.13. The second kappa shape index (κ2) is 6.67. The van der Waals surface area contributed by atoms with Crippen LogP contribution in [0, 0.1) is 11.8 Å². The van der Waals surface area contributed by atoms with Crippen LogP contribution in [0.25, 0.3) is 5.57 Å². The van der Waals surface area contributed by atoms with E-state index in [1.165, 1.54) is 30.5 Å². The zero-order chi connectivity index (χ0) is 15.5. The molecule has 116 valence electrons. The predicted molar refractivity (Wildman–Crippen MR) is 80.8 cm³/mol. The third kappa shape index (κ3) is 4.36. The molecule has 0 N–H and O–H groups in total. The topological polar surface area (TPSA) is 0 Å². The Morgan fingerprint density at radius 1 is 1.19 bits per heavy atom. The molecule has 1 aliphatic carbocycles. The standard InChI is InChI=1S/C18H23F3/c1-3-13(2)12-14-4-6-15(7-5-14)16-8-10-17(11-9-16)18(19,20)21/h6,8-11,13-14H,3-5,7,12H2,1-2H3. The summed E-state index contributed by atoms with van der Waals surface area (Å²) in [6, 6.07) is 5.57. The SMILES string of the molecule is CCC(C)CC1CC=C(c2ccc(C(F)(F)F)cc2)CC1. The highest BCUT2D eigenvalue weighted by atomic mass is 19.4. The zero-order valence-electron chi connectivity index (χ0n) is 12.7. The van der Waals surface area contributed by atoms with Gasteiger partial charge in [0.05, 0.1) is 5.56 Å². The average Bonchev–Trinajstić information content (AvgIpc) is 2.47. The van der Waals surface area contributed by atoms with Gasteiger partial charge in [0.2, 0.25) is 0 Å². The Hall–Kier alpha value is -1.25. The Morgan fingerprint density at radius 2 is 1.86 bits per heavy atom. The van der Waals surface area contributed by atoms with Crippen LogP contribution >= 0.6 is 0 Å². The van der Waals surface area contributed by atoms with Crippen LogP contribution < -0.4 is 0 Å². The molecule has 0 bridgehead atoms. The van der Waals surface area contributed by atoms with E-state index in [4.69, 9.17) is 0 Å². The van der Waals surface area contributed by atoms with Crippen LogP contribution in [0.15, 0.2) is 30.3 Å². The minimum absolute atomic E-state index is 0.572. The average molecular weight is 296 g/mol. The second-order valence-corrected chi connectivity index (χ2v) is 6.19. The van der Waals surface area contributed by atoms with E-state index in [0.717, 1.165) is 36.7 Å². The minimum atomic E-state index is -4.25. The van der Waals surface area contributed by atoms with Crippen LogP contribution in [0.1, 0.15) is 57.1 Å². The molecule has 0 amide bonds. The third-order valence-corrected chi connectivity index (χ3v) is 4.54. The van der Waals surface area contributed by atoms with E-state index >= 15 is 0 Å². The number of halogens is 3. The van der Waals surface area contributed by atoms with Crippen LogP contribution in [0.2, 0.25) is 0 Å². The van der Waals surface area contributed by atoms with Gasteiger partial charge in [0.15, 0.2) is 0 Å². The lowest BCUT2D eigenvalue weighted by Gasteiger charge is -2.24. The van der Waals surface area contributed by atoms with Crippen molar-refractivity contribution in [1.82, 2.24) is 0 Å². The molecule has 1 aromatic carbocycles. The number of alkyl halides is 3. The zero-order valence-corrected chi connectivity index (χ0v) is 12.7. The first kappa shape index (κ1) is 16.1. The smallest absolute Gasteiger partial charge is 0.166 e. The fourth-order valence-corrected chi connectivity index (χ4v) is 2.97. The monoisotopic (exact) mass is 296 g/mol. The van der Waals surface area contributed by atoms with Crippen molar-refractivity contribution in [3.8, 4) is 0 Å². The van der Waals surface area contributed by atoms with E-state index in [-0.39, 0.29) is 0 Å². The van der Waals surface area contributed by atoms with Gasteiger partial charge in [-0.1, -0.05) is 38.5 Å². The van der Waals surface area contributed by atoms with Crippen molar-refractivity contribution in [2.75, 3.05) is 0 Å². The highest BCUT2D eigenvalue weighted by Gasteiger charge is 2.30. The van der Waals surface area contributed by atoms with E-state index in [1.807, 2.05) is 0 Å². The van der Waals surface area contributed by atoms with Gasteiger partial charge in [0.1, 0.15) is 0 Å². The summed E-state index contributed by atoms with van der Waals surface area (Å²) in [5.41, 5.74) is 1.56. The summed E-state index contributed by atoms with van der Waals surface area (Å²) < 4.78 is 37.7. The van der Waals surface area contributed by atoms with Crippen molar-refractivity contribution in [1.29, 1.82) is 0 Å². The van der Waals surface area contributed by atoms with Gasteiger partial charge in [-0.3, -0.25) is 0 Å². The van der Waals surface area contributed by atoms with Gasteiger partial charge in [-0.25, -0.2) is 0 Å². The summed E-state index contributed by atoms with van der Waals surface area (Å²) in [6.07, 6.45) is 3.63. The quantitative estimate of drug-likeness (QED) is 0.609. The predicted octanol–water partition coefficient (Wildman–Crippen LogP) is 6.33. The summed E-state index contributed by atoms with van der Waals surface area (Å²) in [4.78, 5) is 0. The molecule has 0 fully saturated rings. The van der Waals surface area contributed by atoms with Crippen LogP contribution in [0.5, 0.6) is 0 Å². The number of hydrogen-bond acceptors (Lipinski definition) is 0. The van der Waals surface area contributed by atoms with Crippen molar-refractivity contribution in [3.05, 3.63) is 41.5 Å². The van der Waals surface area contributed by atoms with Crippen molar-refractivity contribution in [2.45, 2.75) is 52.1 Å². The molecular formula is C18H23F3. The number of benzene rings is 1. The second-order valence-electron chi connectivity index (χ2n) is 6.19. The van der Waals surface area contributed by atoms with Gasteiger partial charge < -0.3 is 0 Å². The number of allylic oxidation sites excluding steroid dienone is 2. The largest absolute Gasteiger partial charge is 0.416 e. The molecule has 0 aromatic heterocycles. The molecule has 0 spiro atoms. The van der Waals surface area contributed by atoms with Crippen molar-refractivity contribution in [3.63, 3.8) is 0 Å². The van der Waals surface area contributed by atoms with Crippen LogP contribution in [-0.2, 0) is 6.18 Å². The molecular weight excluding hydrogens is 273 g/mol. The summed E-state index contributed by atoms with van der Waals surface area (Å²) in [5.74, 6) is 1.49. The Morgan fingerprint density at radius 3 is 2.33 bits per heavy atom. The normalized spacial score (nSPS) is 21.0. The maximum Gasteiger partial charge on any atom is 0.416 e. The van der Waals surface area contributed by atoms with Crippen LogP contribution in [0.3, 0.4) is 0 Å². The first-order valence-corrected chi connectivity index (χ1v) is 7.76. The molecule has 1 aromatic rings. The summed E-state index contributed by atoms with van der Waals surface area (Å²) in [6.45, 7) is 4.51. The fraction of sp³-hybridized carbons (Fsp3) is 0.556. The van der Waals surface area contributed by atoms with E-state index in [2.05, 4.69) is 19.9 Å². The number of hydrogen-bond donors (Lipinski definition) is 0. The molecule has 1 aliphatic rings. The van der Waals surface area contributed by atoms with Crippen LogP contribution in [-0.4, -0.2) is 0 Å². The van der Waals surface area contributed by atoms with Gasteiger partial charge in [-0.2, -0.15) is 13.2 Å². The summed E-state index contributed by atoms with van der Waals surface area (Å²) >= 11 is 0. The minimum Gasteiger partial charge on any atom is -0.166 e. The molecule has 2 atom stereocenters. The Bertz CT molecular complexity index is 482. The molecule has 2 unspecified atom stereocenters. The fourth-order valence-electron chi connectivity index (χ4n) is 2.97. The first-order chi connectivity index (χ1) is 9.90. The van der Waals surface area contributed by atoms with E-state index in [9.17, 15) is 13.2 Å². The lowest BCUT2D eigenvalue weighted by atomic mass is 9.81. The third-order valence-electron chi connectivity index (χ3n) is 4.54. The van der Waals surface area contributed by atoms with Crippen molar-refractivity contribution in [2.24, 2.45) is 11.8 Å². The van der Waals surface area contributed by atoms with Gasteiger partial charge in [-0.15, -0.1) is 0 Å². The molecule has 0 saturated heterocycles. The molecule has 3 heteroatoms. The van der Waals surface area contributed by atoms with E-state index in [1.54, 1.807) is 12.1 Å². The molecule has 2 rings (SSSR count). The van der Waals surface area contributed by atoms with E-state index < -0.39 is 11.7 Å². The number of rotatable bonds is 4. The van der Waals surface area contributed by atoms with Gasteiger partial charge in [0.25, 0.3) is 0 Å². The highest BCUT2D eigenvalue weighted by molar-refractivity contribution is 5.66. The summed E-state index contributed by atoms with van der Waals surface area (Å²) in [7, 11) is 0. The van der Waals surface area contributed by atoms with Gasteiger partial charge in [0, 0.05) is 0 Å². The lowest BCUT2D eigenvalue weighted by molar-refractivity contribution is -0.137. The maximum absolute atomic E-state index is 12.6. The maximum atomic E-state index is 12.6. The molecule has 0 nitrogen and oxygen atoms in total. The Balaban J connectivity index is 2.00. The lowest BCUT2D eigenvalue weighted by Crippen LogP contribution is -2.09. The van der Waals surface area contributed by atoms with Crippen molar-refractivity contribution >= 4 is 5.57 Å². The van der Waals surface area contributed by atoms with Gasteiger partial charge >= 0.3 is 6.18 Å².